The molecule has 2 rings (SSSR count). The number of halogens is 2. The highest BCUT2D eigenvalue weighted by Gasteiger charge is 2.26. The fourth-order valence-electron chi connectivity index (χ4n) is 2.94. The summed E-state index contributed by atoms with van der Waals surface area (Å²) in [5, 5.41) is 3.16. The van der Waals surface area contributed by atoms with Gasteiger partial charge < -0.3 is 5.32 Å². The molecular weight excluding hydrogens is 419 g/mol. The van der Waals surface area contributed by atoms with Crippen molar-refractivity contribution in [2.75, 3.05) is 13.6 Å². The Balaban J connectivity index is 2.14. The topological polar surface area (TPSA) is 66.5 Å². The second-order valence-corrected chi connectivity index (χ2v) is 9.78. The standard InChI is InChI=1S/C20H24Cl2N2O3S/c1-12-8-14(3)17(9-13(12)2)15(4)23-20(25)11-24(5)28(26,27)19-10-16(21)6-7-18(19)22/h6-10,15H,11H2,1-5H3,(H,23,25)/t15-/m1/s1. The highest BCUT2D eigenvalue weighted by Crippen LogP contribution is 2.27. The van der Waals surface area contributed by atoms with E-state index in [0.29, 0.717) is 0 Å². The van der Waals surface area contributed by atoms with Gasteiger partial charge in [-0.3, -0.25) is 4.79 Å². The third-order valence-corrected chi connectivity index (χ3v) is 7.19. The Morgan fingerprint density at radius 1 is 1.07 bits per heavy atom. The van der Waals surface area contributed by atoms with Crippen LogP contribution in [0.1, 0.15) is 35.2 Å². The highest BCUT2D eigenvalue weighted by molar-refractivity contribution is 7.89. The maximum absolute atomic E-state index is 12.7. The van der Waals surface area contributed by atoms with Crippen molar-refractivity contribution < 1.29 is 13.2 Å². The van der Waals surface area contributed by atoms with E-state index in [-0.39, 0.29) is 27.5 Å². The second-order valence-electron chi connectivity index (χ2n) is 6.92. The first-order chi connectivity index (χ1) is 12.9. The molecule has 0 saturated carbocycles. The molecule has 0 aliphatic carbocycles. The summed E-state index contributed by atoms with van der Waals surface area (Å²) in [4.78, 5) is 12.3. The van der Waals surface area contributed by atoms with E-state index < -0.39 is 15.9 Å². The molecule has 0 bridgehead atoms. The fourth-order valence-corrected chi connectivity index (χ4v) is 4.80. The van der Waals surface area contributed by atoms with Crippen LogP contribution in [0.2, 0.25) is 10.0 Å². The molecule has 0 aromatic heterocycles. The maximum Gasteiger partial charge on any atom is 0.244 e. The molecule has 0 heterocycles. The minimum absolute atomic E-state index is 0.0516. The molecule has 0 aliphatic rings. The van der Waals surface area contributed by atoms with Crippen LogP contribution in [-0.4, -0.2) is 32.2 Å². The SMILES string of the molecule is Cc1cc(C)c([C@@H](C)NC(=O)CN(C)S(=O)(=O)c2cc(Cl)ccc2Cl)cc1C. The molecule has 1 amide bonds. The molecule has 28 heavy (non-hydrogen) atoms. The van der Waals surface area contributed by atoms with Gasteiger partial charge in [0.15, 0.2) is 0 Å². The molecule has 2 aromatic carbocycles. The number of sulfonamides is 1. The molecular formula is C20H24Cl2N2O3S. The van der Waals surface area contributed by atoms with E-state index in [1.165, 1.54) is 30.8 Å². The van der Waals surface area contributed by atoms with E-state index in [1.54, 1.807) is 0 Å². The third-order valence-electron chi connectivity index (χ3n) is 4.67. The van der Waals surface area contributed by atoms with E-state index in [4.69, 9.17) is 23.2 Å². The minimum atomic E-state index is -3.95. The highest BCUT2D eigenvalue weighted by atomic mass is 35.5. The Labute approximate surface area is 176 Å². The van der Waals surface area contributed by atoms with Crippen LogP contribution < -0.4 is 5.32 Å². The average molecular weight is 443 g/mol. The van der Waals surface area contributed by atoms with Crippen molar-refractivity contribution >= 4 is 39.1 Å². The van der Waals surface area contributed by atoms with Crippen LogP contribution in [0.5, 0.6) is 0 Å². The Bertz CT molecular complexity index is 1010. The van der Waals surface area contributed by atoms with Crippen molar-refractivity contribution in [1.82, 2.24) is 9.62 Å². The summed E-state index contributed by atoms with van der Waals surface area (Å²) in [7, 11) is -2.62. The van der Waals surface area contributed by atoms with Crippen molar-refractivity contribution in [2.45, 2.75) is 38.6 Å². The molecule has 2 aromatic rings. The molecule has 8 heteroatoms. The molecule has 5 nitrogen and oxygen atoms in total. The largest absolute Gasteiger partial charge is 0.348 e. The van der Waals surface area contributed by atoms with Gasteiger partial charge in [-0.15, -0.1) is 0 Å². The summed E-state index contributed by atoms with van der Waals surface area (Å²) >= 11 is 11.9. The van der Waals surface area contributed by atoms with E-state index in [9.17, 15) is 13.2 Å². The van der Waals surface area contributed by atoms with Gasteiger partial charge in [-0.2, -0.15) is 4.31 Å². The van der Waals surface area contributed by atoms with Gasteiger partial charge >= 0.3 is 0 Å². The number of amides is 1. The van der Waals surface area contributed by atoms with Crippen molar-refractivity contribution in [3.63, 3.8) is 0 Å². The molecule has 0 spiro atoms. The zero-order valence-electron chi connectivity index (χ0n) is 16.5. The summed E-state index contributed by atoms with van der Waals surface area (Å²) < 4.78 is 26.4. The van der Waals surface area contributed by atoms with Crippen LogP contribution in [0, 0.1) is 20.8 Å². The number of likely N-dealkylation sites (N-methyl/N-ethyl adjacent to an activating group) is 1. The molecule has 152 valence electrons. The number of carbonyl (C=O) groups excluding carboxylic acids is 1. The number of nitrogens with one attached hydrogen (secondary N) is 1. The van der Waals surface area contributed by atoms with Crippen LogP contribution in [0.25, 0.3) is 0 Å². The first-order valence-corrected chi connectivity index (χ1v) is 10.9. The third kappa shape index (κ3) is 5.06. The number of benzene rings is 2. The number of rotatable bonds is 6. The lowest BCUT2D eigenvalue weighted by atomic mass is 9.96. The lowest BCUT2D eigenvalue weighted by Crippen LogP contribution is -2.39. The molecule has 0 saturated heterocycles. The Morgan fingerprint density at radius 2 is 1.68 bits per heavy atom. The summed E-state index contributed by atoms with van der Waals surface area (Å²) in [6, 6.07) is 8.05. The van der Waals surface area contributed by atoms with Gasteiger partial charge in [0.25, 0.3) is 0 Å². The van der Waals surface area contributed by atoms with Gasteiger partial charge in [0.05, 0.1) is 17.6 Å². The summed E-state index contributed by atoms with van der Waals surface area (Å²) in [5.74, 6) is -0.408. The average Bonchev–Trinajstić information content (AvgIpc) is 2.59. The quantitative estimate of drug-likeness (QED) is 0.719. The molecule has 0 unspecified atom stereocenters. The van der Waals surface area contributed by atoms with Crippen LogP contribution in [0.4, 0.5) is 0 Å². The second kappa shape index (κ2) is 8.82. The van der Waals surface area contributed by atoms with Crippen molar-refractivity contribution in [3.8, 4) is 0 Å². The van der Waals surface area contributed by atoms with Crippen LogP contribution in [0.3, 0.4) is 0 Å². The monoisotopic (exact) mass is 442 g/mol. The van der Waals surface area contributed by atoms with Gasteiger partial charge in [-0.05, 0) is 68.1 Å². The van der Waals surface area contributed by atoms with E-state index in [0.717, 1.165) is 21.0 Å². The summed E-state index contributed by atoms with van der Waals surface area (Å²) in [6.45, 7) is 7.58. The Morgan fingerprint density at radius 3 is 2.32 bits per heavy atom. The van der Waals surface area contributed by atoms with E-state index >= 15 is 0 Å². The number of hydrogen-bond acceptors (Lipinski definition) is 3. The normalized spacial score (nSPS) is 12.9. The van der Waals surface area contributed by atoms with E-state index in [2.05, 4.69) is 11.4 Å². The summed E-state index contributed by atoms with van der Waals surface area (Å²) in [5.41, 5.74) is 4.39. The van der Waals surface area contributed by atoms with Gasteiger partial charge in [0, 0.05) is 12.1 Å². The lowest BCUT2D eigenvalue weighted by molar-refractivity contribution is -0.121. The fraction of sp³-hybridized carbons (Fsp3) is 0.350. The summed E-state index contributed by atoms with van der Waals surface area (Å²) in [6.07, 6.45) is 0. The molecule has 1 atom stereocenters. The zero-order chi connectivity index (χ0) is 21.2. The van der Waals surface area contributed by atoms with Gasteiger partial charge in [-0.1, -0.05) is 35.3 Å². The predicted octanol–water partition coefficient (Wildman–Crippen LogP) is 4.42. The van der Waals surface area contributed by atoms with Crippen molar-refractivity contribution in [2.24, 2.45) is 0 Å². The maximum atomic E-state index is 12.7. The van der Waals surface area contributed by atoms with E-state index in [1.807, 2.05) is 33.8 Å². The molecule has 0 radical (unpaired) electrons. The van der Waals surface area contributed by atoms with Gasteiger partial charge in [0.1, 0.15) is 4.90 Å². The van der Waals surface area contributed by atoms with Crippen LogP contribution in [0.15, 0.2) is 35.2 Å². The van der Waals surface area contributed by atoms with Gasteiger partial charge in [-0.25, -0.2) is 8.42 Å². The Hall–Kier alpha value is -1.60. The molecule has 1 N–H and O–H groups in total. The molecule has 0 aliphatic heterocycles. The van der Waals surface area contributed by atoms with Gasteiger partial charge in [0.2, 0.25) is 15.9 Å². The number of hydrogen-bond donors (Lipinski definition) is 1. The predicted molar refractivity (Wildman–Crippen MR) is 113 cm³/mol. The minimum Gasteiger partial charge on any atom is -0.348 e. The van der Waals surface area contributed by atoms with Crippen molar-refractivity contribution in [3.05, 3.63) is 62.6 Å². The number of nitrogens with zero attached hydrogens (tertiary/aromatic N) is 1. The lowest BCUT2D eigenvalue weighted by Gasteiger charge is -2.21. The molecule has 0 fully saturated rings. The van der Waals surface area contributed by atoms with Crippen LogP contribution in [-0.2, 0) is 14.8 Å². The number of aryl methyl sites for hydroxylation is 3. The first-order valence-electron chi connectivity index (χ1n) is 8.72. The van der Waals surface area contributed by atoms with Crippen molar-refractivity contribution in [1.29, 1.82) is 0 Å². The number of carbonyl (C=O) groups is 1. The smallest absolute Gasteiger partial charge is 0.244 e. The Kier molecular flexibility index (Phi) is 7.15. The zero-order valence-corrected chi connectivity index (χ0v) is 18.8. The first kappa shape index (κ1) is 22.7. The van der Waals surface area contributed by atoms with Crippen LogP contribution >= 0.6 is 23.2 Å².